The van der Waals surface area contributed by atoms with Gasteiger partial charge in [-0.1, -0.05) is 0 Å². The van der Waals surface area contributed by atoms with Gasteiger partial charge in [0.25, 0.3) is 0 Å². The maximum atomic E-state index is 11.8. The second-order valence-corrected chi connectivity index (χ2v) is 3.43. The molecule has 0 atom stereocenters. The van der Waals surface area contributed by atoms with Crippen LogP contribution in [-0.2, 0) is 16.1 Å². The fourth-order valence-electron chi connectivity index (χ4n) is 1.07. The number of rotatable bonds is 4. The van der Waals surface area contributed by atoms with Crippen LogP contribution in [0.15, 0.2) is 12.4 Å². The molecule has 0 bridgehead atoms. The summed E-state index contributed by atoms with van der Waals surface area (Å²) in [5, 5.41) is 7.49. The highest BCUT2D eigenvalue weighted by atomic mass is 19.4. The molecule has 0 radical (unpaired) electrons. The summed E-state index contributed by atoms with van der Waals surface area (Å²) in [7, 11) is 1.20. The third kappa shape index (κ3) is 5.75. The van der Waals surface area contributed by atoms with Crippen LogP contribution in [0.25, 0.3) is 0 Å². The van der Waals surface area contributed by atoms with Gasteiger partial charge >= 0.3 is 18.2 Å². The van der Waals surface area contributed by atoms with E-state index in [1.165, 1.54) is 24.2 Å². The lowest BCUT2D eigenvalue weighted by atomic mass is 10.5. The van der Waals surface area contributed by atoms with E-state index in [2.05, 4.69) is 15.2 Å². The lowest BCUT2D eigenvalue weighted by Gasteiger charge is -2.08. The number of halogens is 3. The van der Waals surface area contributed by atoms with Crippen molar-refractivity contribution < 1.29 is 27.5 Å². The summed E-state index contributed by atoms with van der Waals surface area (Å²) >= 11 is 0. The summed E-state index contributed by atoms with van der Waals surface area (Å²) < 4.78 is 41.1. The number of alkyl halides is 3. The molecular formula is C9H11F3N4O3. The number of nitrogens with one attached hydrogen (secondary N) is 2. The number of ether oxygens (including phenoxy) is 1. The minimum absolute atomic E-state index is 0.156. The quantitative estimate of drug-likeness (QED) is 0.797. The Hall–Kier alpha value is -2.26. The van der Waals surface area contributed by atoms with Gasteiger partial charge < -0.3 is 15.4 Å². The maximum Gasteiger partial charge on any atom is 0.405 e. The Morgan fingerprint density at radius 3 is 2.74 bits per heavy atom. The smallest absolute Gasteiger partial charge is 0.405 e. The number of amides is 2. The first kappa shape index (κ1) is 14.8. The van der Waals surface area contributed by atoms with Crippen molar-refractivity contribution in [1.82, 2.24) is 15.1 Å². The van der Waals surface area contributed by atoms with E-state index in [9.17, 15) is 22.8 Å². The van der Waals surface area contributed by atoms with Gasteiger partial charge in [0.2, 0.25) is 0 Å². The molecule has 0 saturated heterocycles. The molecule has 106 valence electrons. The van der Waals surface area contributed by atoms with Crippen molar-refractivity contribution in [2.45, 2.75) is 12.7 Å². The summed E-state index contributed by atoms with van der Waals surface area (Å²) in [5.41, 5.74) is 0.156. The number of carbonyl (C=O) groups excluding carboxylic acids is 2. The largest absolute Gasteiger partial charge is 0.468 e. The number of methoxy groups -OCH3 is 1. The van der Waals surface area contributed by atoms with Gasteiger partial charge in [0, 0.05) is 6.20 Å². The standard InChI is InChI=1S/C9H11F3N4O3/c1-19-7(17)4-16-3-6(2-14-16)15-8(18)13-5-9(10,11)12/h2-3H,4-5H2,1H3,(H2,13,15,18). The van der Waals surface area contributed by atoms with E-state index in [1.54, 1.807) is 5.32 Å². The van der Waals surface area contributed by atoms with Crippen molar-refractivity contribution in [3.63, 3.8) is 0 Å². The minimum atomic E-state index is -4.48. The van der Waals surface area contributed by atoms with Gasteiger partial charge in [0.1, 0.15) is 13.1 Å². The van der Waals surface area contributed by atoms with Crippen LogP contribution < -0.4 is 10.6 Å². The lowest BCUT2D eigenvalue weighted by molar-refractivity contribution is -0.141. The highest BCUT2D eigenvalue weighted by Crippen LogP contribution is 2.12. The highest BCUT2D eigenvalue weighted by molar-refractivity contribution is 5.88. The summed E-state index contributed by atoms with van der Waals surface area (Å²) in [5.74, 6) is -0.545. The second kappa shape index (κ2) is 6.07. The summed E-state index contributed by atoms with van der Waals surface area (Å²) in [4.78, 5) is 22.0. The predicted octanol–water partition coefficient (Wildman–Crippen LogP) is 0.740. The van der Waals surface area contributed by atoms with Crippen LogP contribution in [0.2, 0.25) is 0 Å². The van der Waals surface area contributed by atoms with E-state index in [-0.39, 0.29) is 12.2 Å². The molecule has 0 spiro atoms. The SMILES string of the molecule is COC(=O)Cn1cc(NC(=O)NCC(F)(F)F)cn1. The van der Waals surface area contributed by atoms with Crippen molar-refractivity contribution in [1.29, 1.82) is 0 Å². The third-order valence-corrected chi connectivity index (χ3v) is 1.86. The van der Waals surface area contributed by atoms with Crippen LogP contribution in [0, 0.1) is 0 Å². The molecule has 0 aliphatic carbocycles. The van der Waals surface area contributed by atoms with E-state index in [0.29, 0.717) is 0 Å². The normalized spacial score (nSPS) is 10.9. The average molecular weight is 280 g/mol. The van der Waals surface area contributed by atoms with Crippen molar-refractivity contribution in [2.75, 3.05) is 19.0 Å². The molecule has 1 aromatic heterocycles. The maximum absolute atomic E-state index is 11.8. The zero-order valence-electron chi connectivity index (χ0n) is 9.82. The zero-order chi connectivity index (χ0) is 14.5. The average Bonchev–Trinajstić information content (AvgIpc) is 2.73. The van der Waals surface area contributed by atoms with Gasteiger partial charge in [0.05, 0.1) is 19.0 Å². The Balaban J connectivity index is 2.45. The monoisotopic (exact) mass is 280 g/mol. The van der Waals surface area contributed by atoms with Gasteiger partial charge in [-0.2, -0.15) is 18.3 Å². The molecule has 1 rings (SSSR count). The first-order chi connectivity index (χ1) is 8.80. The lowest BCUT2D eigenvalue weighted by Crippen LogP contribution is -2.36. The number of hydrogen-bond donors (Lipinski definition) is 2. The predicted molar refractivity (Wildman–Crippen MR) is 57.3 cm³/mol. The van der Waals surface area contributed by atoms with Crippen molar-refractivity contribution in [3.8, 4) is 0 Å². The molecule has 2 amide bonds. The Morgan fingerprint density at radius 1 is 1.47 bits per heavy atom. The Bertz CT molecular complexity index is 458. The Kier molecular flexibility index (Phi) is 4.73. The molecule has 0 fully saturated rings. The first-order valence-electron chi connectivity index (χ1n) is 5.01. The van der Waals surface area contributed by atoms with E-state index in [1.807, 2.05) is 0 Å². The van der Waals surface area contributed by atoms with Gasteiger partial charge in [-0.3, -0.25) is 9.48 Å². The van der Waals surface area contributed by atoms with E-state index in [0.717, 1.165) is 0 Å². The molecule has 0 aliphatic rings. The third-order valence-electron chi connectivity index (χ3n) is 1.86. The van der Waals surface area contributed by atoms with Crippen LogP contribution >= 0.6 is 0 Å². The van der Waals surface area contributed by atoms with E-state index in [4.69, 9.17) is 0 Å². The number of carbonyl (C=O) groups is 2. The minimum Gasteiger partial charge on any atom is -0.468 e. The van der Waals surface area contributed by atoms with E-state index >= 15 is 0 Å². The van der Waals surface area contributed by atoms with Crippen molar-refractivity contribution in [3.05, 3.63) is 12.4 Å². The van der Waals surface area contributed by atoms with E-state index < -0.39 is 24.7 Å². The summed E-state index contributed by atoms with van der Waals surface area (Å²) in [6.45, 7) is -1.60. The molecule has 1 aromatic rings. The highest BCUT2D eigenvalue weighted by Gasteiger charge is 2.27. The van der Waals surface area contributed by atoms with Gasteiger partial charge in [-0.15, -0.1) is 0 Å². The van der Waals surface area contributed by atoms with Crippen LogP contribution in [0.4, 0.5) is 23.7 Å². The molecule has 1 heterocycles. The molecular weight excluding hydrogens is 269 g/mol. The fraction of sp³-hybridized carbons (Fsp3) is 0.444. The Labute approximate surface area is 105 Å². The van der Waals surface area contributed by atoms with Crippen molar-refractivity contribution in [2.24, 2.45) is 0 Å². The van der Waals surface area contributed by atoms with Gasteiger partial charge in [0.15, 0.2) is 0 Å². The second-order valence-electron chi connectivity index (χ2n) is 3.43. The molecule has 0 aromatic carbocycles. The Morgan fingerprint density at radius 2 is 2.16 bits per heavy atom. The molecule has 0 aliphatic heterocycles. The number of esters is 1. The molecule has 0 saturated carbocycles. The first-order valence-corrected chi connectivity index (χ1v) is 5.01. The molecule has 10 heteroatoms. The summed E-state index contributed by atoms with van der Waals surface area (Å²) in [6.07, 6.45) is -2.01. The van der Waals surface area contributed by atoms with Crippen LogP contribution in [0.3, 0.4) is 0 Å². The van der Waals surface area contributed by atoms with Crippen molar-refractivity contribution >= 4 is 17.7 Å². The molecule has 0 unspecified atom stereocenters. The van der Waals surface area contributed by atoms with Gasteiger partial charge in [-0.05, 0) is 0 Å². The van der Waals surface area contributed by atoms with Crippen LogP contribution in [0.1, 0.15) is 0 Å². The number of anilines is 1. The van der Waals surface area contributed by atoms with Gasteiger partial charge in [-0.25, -0.2) is 4.79 Å². The number of aromatic nitrogens is 2. The number of nitrogens with zero attached hydrogens (tertiary/aromatic N) is 2. The number of hydrogen-bond acceptors (Lipinski definition) is 4. The summed E-state index contributed by atoms with van der Waals surface area (Å²) in [6, 6.07) is -1.02. The molecule has 19 heavy (non-hydrogen) atoms. The zero-order valence-corrected chi connectivity index (χ0v) is 9.82. The van der Waals surface area contributed by atoms with Crippen LogP contribution in [-0.4, -0.2) is 41.6 Å². The number of urea groups is 1. The molecule has 7 nitrogen and oxygen atoms in total. The topological polar surface area (TPSA) is 85.2 Å². The van der Waals surface area contributed by atoms with Crippen LogP contribution in [0.5, 0.6) is 0 Å². The fourth-order valence-corrected chi connectivity index (χ4v) is 1.07. The molecule has 2 N–H and O–H groups in total.